The van der Waals surface area contributed by atoms with Crippen molar-refractivity contribution in [1.82, 2.24) is 0 Å². The molecular formula is C14H28O. The molecule has 0 bridgehead atoms. The lowest BCUT2D eigenvalue weighted by molar-refractivity contribution is -0.0416. The van der Waals surface area contributed by atoms with Gasteiger partial charge in [-0.2, -0.15) is 0 Å². The van der Waals surface area contributed by atoms with Crippen molar-refractivity contribution in [2.24, 2.45) is 5.92 Å². The Kier molecular flexibility index (Phi) is 5.11. The van der Waals surface area contributed by atoms with Crippen molar-refractivity contribution in [2.45, 2.75) is 84.3 Å². The summed E-state index contributed by atoms with van der Waals surface area (Å²) < 4.78 is 6.21. The highest BCUT2D eigenvalue weighted by atomic mass is 16.5. The zero-order chi connectivity index (χ0) is 11.3. The summed E-state index contributed by atoms with van der Waals surface area (Å²) in [5, 5.41) is 0. The molecule has 0 aromatic carbocycles. The molecule has 3 unspecified atom stereocenters. The predicted molar refractivity (Wildman–Crippen MR) is 66.1 cm³/mol. The SMILES string of the molecule is CCCC(C)CC1CCC(C)(CCC)O1. The van der Waals surface area contributed by atoms with E-state index in [9.17, 15) is 0 Å². The van der Waals surface area contributed by atoms with Gasteiger partial charge in [0.1, 0.15) is 0 Å². The Balaban J connectivity index is 2.29. The van der Waals surface area contributed by atoms with E-state index in [0.29, 0.717) is 6.10 Å². The Bertz CT molecular complexity index is 178. The summed E-state index contributed by atoms with van der Waals surface area (Å²) in [6, 6.07) is 0. The van der Waals surface area contributed by atoms with Crippen molar-refractivity contribution in [2.75, 3.05) is 0 Å². The Hall–Kier alpha value is -0.0400. The van der Waals surface area contributed by atoms with Crippen LogP contribution in [0.5, 0.6) is 0 Å². The molecule has 1 heteroatoms. The molecule has 15 heavy (non-hydrogen) atoms. The highest BCUT2D eigenvalue weighted by Crippen LogP contribution is 2.36. The Morgan fingerprint density at radius 1 is 1.33 bits per heavy atom. The van der Waals surface area contributed by atoms with Crippen molar-refractivity contribution in [3.8, 4) is 0 Å². The Morgan fingerprint density at radius 3 is 2.67 bits per heavy atom. The van der Waals surface area contributed by atoms with Crippen molar-refractivity contribution in [1.29, 1.82) is 0 Å². The van der Waals surface area contributed by atoms with Crippen LogP contribution in [0.2, 0.25) is 0 Å². The van der Waals surface area contributed by atoms with Crippen LogP contribution in [0.1, 0.15) is 72.6 Å². The van der Waals surface area contributed by atoms with E-state index in [4.69, 9.17) is 4.74 Å². The monoisotopic (exact) mass is 212 g/mol. The fraction of sp³-hybridized carbons (Fsp3) is 1.00. The first kappa shape index (κ1) is 13.0. The first-order valence-corrected chi connectivity index (χ1v) is 6.77. The van der Waals surface area contributed by atoms with Crippen LogP contribution in [0.25, 0.3) is 0 Å². The van der Waals surface area contributed by atoms with Crippen molar-refractivity contribution in [3.63, 3.8) is 0 Å². The molecule has 0 saturated carbocycles. The fourth-order valence-corrected chi connectivity index (χ4v) is 2.92. The molecule has 0 spiro atoms. The summed E-state index contributed by atoms with van der Waals surface area (Å²) in [5.74, 6) is 0.837. The smallest absolute Gasteiger partial charge is 0.0659 e. The molecule has 0 amide bonds. The molecule has 0 aromatic heterocycles. The van der Waals surface area contributed by atoms with Gasteiger partial charge in [-0.3, -0.25) is 0 Å². The van der Waals surface area contributed by atoms with Crippen LogP contribution in [0, 0.1) is 5.92 Å². The first-order valence-electron chi connectivity index (χ1n) is 6.77. The lowest BCUT2D eigenvalue weighted by atomic mass is 9.94. The first-order chi connectivity index (χ1) is 7.09. The van der Waals surface area contributed by atoms with E-state index in [1.165, 1.54) is 44.9 Å². The molecule has 1 nitrogen and oxygen atoms in total. The van der Waals surface area contributed by atoms with Crippen LogP contribution >= 0.6 is 0 Å². The van der Waals surface area contributed by atoms with Gasteiger partial charge in [0, 0.05) is 0 Å². The maximum atomic E-state index is 6.21. The lowest BCUT2D eigenvalue weighted by Gasteiger charge is -2.25. The van der Waals surface area contributed by atoms with Gasteiger partial charge in [-0.1, -0.05) is 40.0 Å². The second kappa shape index (κ2) is 5.89. The van der Waals surface area contributed by atoms with Gasteiger partial charge in [0.2, 0.25) is 0 Å². The average Bonchev–Trinajstić information content (AvgIpc) is 2.48. The van der Waals surface area contributed by atoms with Crippen LogP contribution in [-0.2, 0) is 4.74 Å². The van der Waals surface area contributed by atoms with Crippen LogP contribution in [-0.4, -0.2) is 11.7 Å². The molecule has 1 saturated heterocycles. The van der Waals surface area contributed by atoms with Crippen LogP contribution < -0.4 is 0 Å². The molecule has 1 aliphatic rings. The van der Waals surface area contributed by atoms with E-state index in [1.54, 1.807) is 0 Å². The van der Waals surface area contributed by atoms with E-state index in [0.717, 1.165) is 5.92 Å². The van der Waals surface area contributed by atoms with Gasteiger partial charge in [-0.05, 0) is 38.5 Å². The lowest BCUT2D eigenvalue weighted by Crippen LogP contribution is -2.25. The maximum Gasteiger partial charge on any atom is 0.0659 e. The third-order valence-electron chi connectivity index (χ3n) is 3.67. The van der Waals surface area contributed by atoms with Gasteiger partial charge in [-0.25, -0.2) is 0 Å². The quantitative estimate of drug-likeness (QED) is 0.627. The molecule has 0 N–H and O–H groups in total. The van der Waals surface area contributed by atoms with Gasteiger partial charge >= 0.3 is 0 Å². The summed E-state index contributed by atoms with van der Waals surface area (Å²) in [7, 11) is 0. The number of rotatable bonds is 6. The minimum atomic E-state index is 0.200. The predicted octanol–water partition coefficient (Wildman–Crippen LogP) is 4.55. The molecule has 1 aliphatic heterocycles. The highest BCUT2D eigenvalue weighted by Gasteiger charge is 2.35. The summed E-state index contributed by atoms with van der Waals surface area (Å²) in [5.41, 5.74) is 0.200. The molecule has 0 aliphatic carbocycles. The van der Waals surface area contributed by atoms with Gasteiger partial charge < -0.3 is 4.74 Å². The second-order valence-corrected chi connectivity index (χ2v) is 5.61. The van der Waals surface area contributed by atoms with E-state index >= 15 is 0 Å². The molecule has 0 radical (unpaired) electrons. The van der Waals surface area contributed by atoms with E-state index in [-0.39, 0.29) is 5.60 Å². The van der Waals surface area contributed by atoms with E-state index in [2.05, 4.69) is 27.7 Å². The zero-order valence-corrected chi connectivity index (χ0v) is 11.0. The molecule has 1 heterocycles. The summed E-state index contributed by atoms with van der Waals surface area (Å²) >= 11 is 0. The van der Waals surface area contributed by atoms with Crippen molar-refractivity contribution < 1.29 is 4.74 Å². The van der Waals surface area contributed by atoms with Gasteiger partial charge in [-0.15, -0.1) is 0 Å². The minimum absolute atomic E-state index is 0.200. The van der Waals surface area contributed by atoms with E-state index in [1.807, 2.05) is 0 Å². The van der Waals surface area contributed by atoms with Crippen molar-refractivity contribution >= 4 is 0 Å². The van der Waals surface area contributed by atoms with Crippen LogP contribution in [0.4, 0.5) is 0 Å². The largest absolute Gasteiger partial charge is 0.372 e. The van der Waals surface area contributed by atoms with Crippen LogP contribution in [0.3, 0.4) is 0 Å². The van der Waals surface area contributed by atoms with Gasteiger partial charge in [0.15, 0.2) is 0 Å². The standard InChI is InChI=1S/C14H28O/c1-5-7-12(3)11-13-8-10-14(4,15-13)9-6-2/h12-13H,5-11H2,1-4H3. The Morgan fingerprint density at radius 2 is 2.07 bits per heavy atom. The zero-order valence-electron chi connectivity index (χ0n) is 11.0. The molecule has 1 fully saturated rings. The summed E-state index contributed by atoms with van der Waals surface area (Å²) in [4.78, 5) is 0. The number of ether oxygens (including phenoxy) is 1. The van der Waals surface area contributed by atoms with Crippen LogP contribution in [0.15, 0.2) is 0 Å². The highest BCUT2D eigenvalue weighted by molar-refractivity contribution is 4.85. The topological polar surface area (TPSA) is 9.23 Å². The van der Waals surface area contributed by atoms with Crippen molar-refractivity contribution in [3.05, 3.63) is 0 Å². The third-order valence-corrected chi connectivity index (χ3v) is 3.67. The van der Waals surface area contributed by atoms with Gasteiger partial charge in [0.05, 0.1) is 11.7 Å². The molecule has 1 rings (SSSR count). The molecule has 0 aromatic rings. The molecule has 90 valence electrons. The Labute approximate surface area is 95.6 Å². The minimum Gasteiger partial charge on any atom is -0.372 e. The summed E-state index contributed by atoms with van der Waals surface area (Å²) in [6.07, 6.45) is 9.49. The third kappa shape index (κ3) is 4.14. The summed E-state index contributed by atoms with van der Waals surface area (Å²) in [6.45, 7) is 9.18. The maximum absolute atomic E-state index is 6.21. The van der Waals surface area contributed by atoms with Gasteiger partial charge in [0.25, 0.3) is 0 Å². The number of hydrogen-bond donors (Lipinski definition) is 0. The van der Waals surface area contributed by atoms with E-state index < -0.39 is 0 Å². The molecular weight excluding hydrogens is 184 g/mol. The second-order valence-electron chi connectivity index (χ2n) is 5.61. The fourth-order valence-electron chi connectivity index (χ4n) is 2.92. The number of hydrogen-bond acceptors (Lipinski definition) is 1. The average molecular weight is 212 g/mol. The molecule has 3 atom stereocenters. The normalized spacial score (nSPS) is 33.2.